The first-order valence-electron chi connectivity index (χ1n) is 4.08. The SMILES string of the molecule is COc1ccc([C@@H](N)CN)cc1N. The lowest BCUT2D eigenvalue weighted by Gasteiger charge is -2.11. The van der Waals surface area contributed by atoms with Crippen LogP contribution in [0.1, 0.15) is 11.6 Å². The second kappa shape index (κ2) is 4.11. The van der Waals surface area contributed by atoms with E-state index in [4.69, 9.17) is 21.9 Å². The van der Waals surface area contributed by atoms with Gasteiger partial charge in [0, 0.05) is 12.6 Å². The van der Waals surface area contributed by atoms with Gasteiger partial charge in [0.1, 0.15) is 5.75 Å². The lowest BCUT2D eigenvalue weighted by atomic mass is 10.1. The Labute approximate surface area is 77.7 Å². The van der Waals surface area contributed by atoms with Gasteiger partial charge in [-0.05, 0) is 17.7 Å². The van der Waals surface area contributed by atoms with Crippen molar-refractivity contribution < 1.29 is 4.74 Å². The van der Waals surface area contributed by atoms with Crippen molar-refractivity contribution in [3.8, 4) is 5.75 Å². The summed E-state index contributed by atoms with van der Waals surface area (Å²) in [6, 6.07) is 5.29. The lowest BCUT2D eigenvalue weighted by molar-refractivity contribution is 0.416. The van der Waals surface area contributed by atoms with Crippen molar-refractivity contribution in [2.24, 2.45) is 11.5 Å². The summed E-state index contributed by atoms with van der Waals surface area (Å²) in [4.78, 5) is 0. The minimum atomic E-state index is -0.159. The zero-order valence-corrected chi connectivity index (χ0v) is 7.66. The van der Waals surface area contributed by atoms with Crippen LogP contribution in [0.15, 0.2) is 18.2 Å². The van der Waals surface area contributed by atoms with Crippen LogP contribution in [0.2, 0.25) is 0 Å². The zero-order valence-electron chi connectivity index (χ0n) is 7.66. The highest BCUT2D eigenvalue weighted by atomic mass is 16.5. The van der Waals surface area contributed by atoms with Gasteiger partial charge in [-0.25, -0.2) is 0 Å². The average Bonchev–Trinajstić information content (AvgIpc) is 2.16. The molecule has 0 bridgehead atoms. The molecule has 6 N–H and O–H groups in total. The van der Waals surface area contributed by atoms with Crippen LogP contribution in [-0.4, -0.2) is 13.7 Å². The van der Waals surface area contributed by atoms with Gasteiger partial charge in [-0.3, -0.25) is 0 Å². The number of methoxy groups -OCH3 is 1. The Kier molecular flexibility index (Phi) is 3.11. The van der Waals surface area contributed by atoms with E-state index in [1.54, 1.807) is 19.2 Å². The fraction of sp³-hybridized carbons (Fsp3) is 0.333. The summed E-state index contributed by atoms with van der Waals surface area (Å²) in [5.41, 5.74) is 18.4. The van der Waals surface area contributed by atoms with E-state index in [0.29, 0.717) is 18.0 Å². The highest BCUT2D eigenvalue weighted by molar-refractivity contribution is 5.54. The van der Waals surface area contributed by atoms with Gasteiger partial charge in [-0.2, -0.15) is 0 Å². The van der Waals surface area contributed by atoms with Crippen LogP contribution in [-0.2, 0) is 0 Å². The maximum Gasteiger partial charge on any atom is 0.141 e. The Bertz CT molecular complexity index is 288. The predicted molar refractivity (Wildman–Crippen MR) is 53.4 cm³/mol. The molecule has 0 spiro atoms. The van der Waals surface area contributed by atoms with Gasteiger partial charge in [0.25, 0.3) is 0 Å². The second-order valence-corrected chi connectivity index (χ2v) is 2.84. The van der Waals surface area contributed by atoms with E-state index < -0.39 is 0 Å². The van der Waals surface area contributed by atoms with Crippen LogP contribution < -0.4 is 21.9 Å². The Morgan fingerprint density at radius 2 is 2.15 bits per heavy atom. The van der Waals surface area contributed by atoms with Gasteiger partial charge in [-0.15, -0.1) is 0 Å². The molecule has 1 aromatic rings. The third kappa shape index (κ3) is 2.11. The first-order valence-corrected chi connectivity index (χ1v) is 4.08. The summed E-state index contributed by atoms with van der Waals surface area (Å²) in [7, 11) is 1.58. The van der Waals surface area contributed by atoms with E-state index in [2.05, 4.69) is 0 Å². The summed E-state index contributed by atoms with van der Waals surface area (Å²) in [6.07, 6.45) is 0. The molecular weight excluding hydrogens is 166 g/mol. The van der Waals surface area contributed by atoms with E-state index in [1.165, 1.54) is 0 Å². The minimum absolute atomic E-state index is 0.159. The van der Waals surface area contributed by atoms with Gasteiger partial charge in [0.2, 0.25) is 0 Å². The summed E-state index contributed by atoms with van der Waals surface area (Å²) in [6.45, 7) is 0.409. The van der Waals surface area contributed by atoms with Crippen LogP contribution in [0.25, 0.3) is 0 Å². The predicted octanol–water partition coefficient (Wildman–Crippen LogP) is 0.236. The number of nitrogen functional groups attached to an aromatic ring is 1. The maximum absolute atomic E-state index is 5.73. The van der Waals surface area contributed by atoms with Gasteiger partial charge >= 0.3 is 0 Å². The Morgan fingerprint density at radius 3 is 2.62 bits per heavy atom. The molecule has 0 aliphatic heterocycles. The molecule has 1 rings (SSSR count). The normalized spacial score (nSPS) is 12.5. The highest BCUT2D eigenvalue weighted by Crippen LogP contribution is 2.23. The largest absolute Gasteiger partial charge is 0.495 e. The number of nitrogens with two attached hydrogens (primary N) is 3. The molecule has 0 fully saturated rings. The fourth-order valence-electron chi connectivity index (χ4n) is 1.12. The molecular formula is C9H15N3O. The van der Waals surface area contributed by atoms with Gasteiger partial charge in [-0.1, -0.05) is 6.07 Å². The van der Waals surface area contributed by atoms with Crippen molar-refractivity contribution in [1.29, 1.82) is 0 Å². The molecule has 72 valence electrons. The Hall–Kier alpha value is -1.26. The van der Waals surface area contributed by atoms with Crippen LogP contribution in [0, 0.1) is 0 Å². The second-order valence-electron chi connectivity index (χ2n) is 2.84. The molecule has 4 heteroatoms. The first kappa shape index (κ1) is 9.83. The molecule has 0 saturated heterocycles. The molecule has 0 radical (unpaired) electrons. The molecule has 0 amide bonds. The molecule has 0 aliphatic carbocycles. The van der Waals surface area contributed by atoms with Crippen LogP contribution in [0.4, 0.5) is 5.69 Å². The van der Waals surface area contributed by atoms with E-state index >= 15 is 0 Å². The van der Waals surface area contributed by atoms with E-state index in [1.807, 2.05) is 6.07 Å². The monoisotopic (exact) mass is 181 g/mol. The molecule has 0 aliphatic rings. The molecule has 0 unspecified atom stereocenters. The van der Waals surface area contributed by atoms with Crippen molar-refractivity contribution in [3.05, 3.63) is 23.8 Å². The van der Waals surface area contributed by atoms with Crippen molar-refractivity contribution >= 4 is 5.69 Å². The number of hydrogen-bond donors (Lipinski definition) is 3. The Balaban J connectivity index is 2.95. The van der Waals surface area contributed by atoms with E-state index in [0.717, 1.165) is 5.56 Å². The van der Waals surface area contributed by atoms with Gasteiger partial charge in [0.05, 0.1) is 12.8 Å². The van der Waals surface area contributed by atoms with Crippen molar-refractivity contribution in [2.45, 2.75) is 6.04 Å². The maximum atomic E-state index is 5.73. The number of hydrogen-bond acceptors (Lipinski definition) is 4. The fourth-order valence-corrected chi connectivity index (χ4v) is 1.12. The van der Waals surface area contributed by atoms with E-state index in [9.17, 15) is 0 Å². The van der Waals surface area contributed by atoms with Crippen molar-refractivity contribution in [3.63, 3.8) is 0 Å². The summed E-state index contributed by atoms with van der Waals surface area (Å²) in [5, 5.41) is 0. The third-order valence-corrected chi connectivity index (χ3v) is 1.94. The Morgan fingerprint density at radius 1 is 1.46 bits per heavy atom. The van der Waals surface area contributed by atoms with Crippen LogP contribution in [0.5, 0.6) is 5.75 Å². The average molecular weight is 181 g/mol. The molecule has 0 aromatic heterocycles. The molecule has 4 nitrogen and oxygen atoms in total. The number of anilines is 1. The molecule has 0 saturated carbocycles. The number of benzene rings is 1. The van der Waals surface area contributed by atoms with Gasteiger partial charge in [0.15, 0.2) is 0 Å². The van der Waals surface area contributed by atoms with Crippen LogP contribution >= 0.6 is 0 Å². The quantitative estimate of drug-likeness (QED) is 0.583. The number of ether oxygens (including phenoxy) is 1. The standard InChI is InChI=1S/C9H15N3O/c1-13-9-3-2-6(4-7(9)11)8(12)5-10/h2-4,8H,5,10-12H2,1H3/t8-/m0/s1. The molecule has 13 heavy (non-hydrogen) atoms. The lowest BCUT2D eigenvalue weighted by Crippen LogP contribution is -2.20. The smallest absolute Gasteiger partial charge is 0.141 e. The number of rotatable bonds is 3. The summed E-state index contributed by atoms with van der Waals surface area (Å²) < 4.78 is 5.02. The summed E-state index contributed by atoms with van der Waals surface area (Å²) in [5.74, 6) is 0.660. The topological polar surface area (TPSA) is 87.3 Å². The summed E-state index contributed by atoms with van der Waals surface area (Å²) >= 11 is 0. The van der Waals surface area contributed by atoms with E-state index in [-0.39, 0.29) is 6.04 Å². The molecule has 1 atom stereocenters. The minimum Gasteiger partial charge on any atom is -0.495 e. The third-order valence-electron chi connectivity index (χ3n) is 1.94. The van der Waals surface area contributed by atoms with Crippen LogP contribution in [0.3, 0.4) is 0 Å². The first-order chi connectivity index (χ1) is 6.19. The zero-order chi connectivity index (χ0) is 9.84. The van der Waals surface area contributed by atoms with Crippen molar-refractivity contribution in [2.75, 3.05) is 19.4 Å². The molecule has 0 heterocycles. The highest BCUT2D eigenvalue weighted by Gasteiger charge is 2.06. The molecule has 1 aromatic carbocycles. The van der Waals surface area contributed by atoms with Crippen molar-refractivity contribution in [1.82, 2.24) is 0 Å². The van der Waals surface area contributed by atoms with Gasteiger partial charge < -0.3 is 21.9 Å².